The first-order valence-electron chi connectivity index (χ1n) is 7.91. The summed E-state index contributed by atoms with van der Waals surface area (Å²) in [5, 5.41) is 0. The Bertz CT molecular complexity index is 617. The Hall–Kier alpha value is -1.60. The van der Waals surface area contributed by atoms with E-state index in [-0.39, 0.29) is 23.5 Å². The second-order valence-electron chi connectivity index (χ2n) is 6.18. The van der Waals surface area contributed by atoms with Crippen molar-refractivity contribution in [2.75, 3.05) is 6.61 Å². The van der Waals surface area contributed by atoms with E-state index in [1.807, 2.05) is 25.1 Å². The molecule has 23 heavy (non-hydrogen) atoms. The number of Topliss-reactive ketones (excluding diaryl/α,β-unsaturated/α-hetero) is 1. The van der Waals surface area contributed by atoms with Gasteiger partial charge in [0, 0.05) is 29.9 Å². The summed E-state index contributed by atoms with van der Waals surface area (Å²) in [7, 11) is 0. The first kappa shape index (κ1) is 15.0. The van der Waals surface area contributed by atoms with Crippen molar-refractivity contribution in [3.8, 4) is 0 Å². The van der Waals surface area contributed by atoms with Gasteiger partial charge in [0.05, 0.1) is 5.92 Å². The largest absolute Gasteiger partial charge is 0.326 e. The van der Waals surface area contributed by atoms with Gasteiger partial charge >= 0.3 is 5.97 Å². The zero-order valence-corrected chi connectivity index (χ0v) is 12.7. The Morgan fingerprint density at radius 1 is 1.39 bits per heavy atom. The number of ether oxygens (including phenoxy) is 2. The fourth-order valence-electron chi connectivity index (χ4n) is 4.16. The summed E-state index contributed by atoms with van der Waals surface area (Å²) >= 11 is 0. The van der Waals surface area contributed by atoms with Gasteiger partial charge in [0.15, 0.2) is 5.78 Å². The molecule has 0 aromatic heterocycles. The molecule has 1 aliphatic carbocycles. The number of hydrogen-bond donors (Lipinski definition) is 0. The van der Waals surface area contributed by atoms with Gasteiger partial charge < -0.3 is 9.53 Å². The molecule has 1 aromatic carbocycles. The lowest BCUT2D eigenvalue weighted by Crippen LogP contribution is -2.46. The number of aldehydes is 1. The minimum atomic E-state index is -1.38. The molecular weight excluding hydrogens is 300 g/mol. The van der Waals surface area contributed by atoms with Crippen LogP contribution in [0.1, 0.15) is 23.7 Å². The Morgan fingerprint density at radius 2 is 2.17 bits per heavy atom. The Kier molecular flexibility index (Phi) is 3.57. The number of benzene rings is 1. The summed E-state index contributed by atoms with van der Waals surface area (Å²) in [6.45, 7) is 2.18. The summed E-state index contributed by atoms with van der Waals surface area (Å²) in [5.41, 5.74) is 0.584. The fraction of sp³-hybridized carbons (Fsp3) is 0.529. The van der Waals surface area contributed by atoms with Crippen molar-refractivity contribution >= 4 is 12.1 Å². The van der Waals surface area contributed by atoms with Crippen LogP contribution in [-0.4, -0.2) is 30.9 Å². The van der Waals surface area contributed by atoms with Gasteiger partial charge in [-0.1, -0.05) is 30.3 Å². The lowest BCUT2D eigenvalue weighted by atomic mass is 9.81. The molecular formula is C17H18O6. The predicted molar refractivity (Wildman–Crippen MR) is 76.8 cm³/mol. The van der Waals surface area contributed by atoms with Crippen LogP contribution in [0.5, 0.6) is 0 Å². The van der Waals surface area contributed by atoms with E-state index in [0.29, 0.717) is 18.6 Å². The molecule has 6 nitrogen and oxygen atoms in total. The summed E-state index contributed by atoms with van der Waals surface area (Å²) in [6, 6.07) is 8.99. The maximum Gasteiger partial charge on any atom is 0.318 e. The topological polar surface area (TPSA) is 71.1 Å². The normalized spacial score (nSPS) is 41.0. The van der Waals surface area contributed by atoms with E-state index < -0.39 is 18.2 Å². The SMILES string of the molecule is CCO[C@@]12OO[C@@H](O1)[C@@H]1C[C@H](C=O)[C@H](C(=O)c3ccccc3)[C@@H]12. The first-order valence-corrected chi connectivity index (χ1v) is 7.91. The third-order valence-electron chi connectivity index (χ3n) is 5.03. The zero-order valence-electron chi connectivity index (χ0n) is 12.7. The monoisotopic (exact) mass is 318 g/mol. The molecule has 1 aromatic rings. The molecule has 6 heteroatoms. The van der Waals surface area contributed by atoms with Gasteiger partial charge in [0.2, 0.25) is 6.29 Å². The highest BCUT2D eigenvalue weighted by Gasteiger charge is 2.71. The van der Waals surface area contributed by atoms with Crippen LogP contribution in [0.3, 0.4) is 0 Å². The molecule has 0 N–H and O–H groups in total. The Labute approximate surface area is 133 Å². The maximum absolute atomic E-state index is 13.0. The van der Waals surface area contributed by atoms with Crippen molar-refractivity contribution in [3.63, 3.8) is 0 Å². The second kappa shape index (κ2) is 5.49. The smallest absolute Gasteiger partial charge is 0.318 e. The molecule has 4 rings (SSSR count). The average Bonchev–Trinajstić information content (AvgIpc) is 3.24. The average molecular weight is 318 g/mol. The van der Waals surface area contributed by atoms with E-state index in [0.717, 1.165) is 6.29 Å². The highest BCUT2D eigenvalue weighted by Crippen LogP contribution is 2.60. The Morgan fingerprint density at radius 3 is 2.87 bits per heavy atom. The van der Waals surface area contributed by atoms with E-state index in [9.17, 15) is 9.59 Å². The van der Waals surface area contributed by atoms with Crippen LogP contribution in [-0.2, 0) is 24.0 Å². The summed E-state index contributed by atoms with van der Waals surface area (Å²) in [6.07, 6.45) is 0.825. The van der Waals surface area contributed by atoms with Crippen molar-refractivity contribution in [1.29, 1.82) is 0 Å². The lowest BCUT2D eigenvalue weighted by Gasteiger charge is -2.33. The van der Waals surface area contributed by atoms with Gasteiger partial charge in [-0.3, -0.25) is 9.53 Å². The molecule has 6 atom stereocenters. The van der Waals surface area contributed by atoms with E-state index in [2.05, 4.69) is 0 Å². The van der Waals surface area contributed by atoms with Crippen LogP contribution in [0.2, 0.25) is 0 Å². The molecule has 2 saturated heterocycles. The third kappa shape index (κ3) is 2.10. The van der Waals surface area contributed by atoms with E-state index in [4.69, 9.17) is 19.2 Å². The minimum absolute atomic E-state index is 0.0750. The molecule has 2 aliphatic heterocycles. The highest BCUT2D eigenvalue weighted by molar-refractivity contribution is 5.99. The molecule has 2 bridgehead atoms. The molecule has 122 valence electrons. The summed E-state index contributed by atoms with van der Waals surface area (Å²) in [5.74, 6) is -2.78. The second-order valence-corrected chi connectivity index (χ2v) is 6.18. The van der Waals surface area contributed by atoms with Crippen LogP contribution in [0.15, 0.2) is 30.3 Å². The molecule has 0 spiro atoms. The van der Waals surface area contributed by atoms with Crippen molar-refractivity contribution in [1.82, 2.24) is 0 Å². The molecule has 1 saturated carbocycles. The van der Waals surface area contributed by atoms with Gasteiger partial charge in [0.1, 0.15) is 6.29 Å². The van der Waals surface area contributed by atoms with E-state index in [1.165, 1.54) is 0 Å². The van der Waals surface area contributed by atoms with Crippen LogP contribution < -0.4 is 0 Å². The first-order chi connectivity index (χ1) is 11.2. The standard InChI is InChI=1S/C17H18O6/c1-2-20-17-14-12(16(21-17)22-23-17)8-11(9-18)13(14)15(19)10-6-4-3-5-7-10/h3-7,9,11-14,16H,2,8H2,1H3/t11-,12-,13+,14-,16-,17-/m1/s1. The quantitative estimate of drug-likeness (QED) is 0.469. The number of fused-ring (bicyclic) bond motifs is 5. The van der Waals surface area contributed by atoms with Crippen LogP contribution >= 0.6 is 0 Å². The molecule has 0 radical (unpaired) electrons. The van der Waals surface area contributed by atoms with Gasteiger partial charge in [-0.15, -0.1) is 0 Å². The molecule has 0 unspecified atom stereocenters. The van der Waals surface area contributed by atoms with Crippen LogP contribution in [0.25, 0.3) is 0 Å². The maximum atomic E-state index is 13.0. The van der Waals surface area contributed by atoms with Gasteiger partial charge in [-0.2, -0.15) is 9.78 Å². The zero-order chi connectivity index (χ0) is 16.0. The van der Waals surface area contributed by atoms with Crippen molar-refractivity contribution in [3.05, 3.63) is 35.9 Å². The van der Waals surface area contributed by atoms with E-state index >= 15 is 0 Å². The molecule has 3 aliphatic rings. The lowest BCUT2D eigenvalue weighted by molar-refractivity contribution is -0.449. The van der Waals surface area contributed by atoms with Crippen molar-refractivity contribution in [2.24, 2.45) is 23.7 Å². The number of carbonyl (C=O) groups excluding carboxylic acids is 2. The number of hydrogen-bond acceptors (Lipinski definition) is 6. The number of rotatable bonds is 5. The van der Waals surface area contributed by atoms with Crippen molar-refractivity contribution < 1.29 is 28.8 Å². The number of ketones is 1. The Balaban J connectivity index is 1.72. The predicted octanol–water partition coefficient (Wildman–Crippen LogP) is 1.95. The molecule has 3 fully saturated rings. The van der Waals surface area contributed by atoms with E-state index in [1.54, 1.807) is 12.1 Å². The number of carbonyl (C=O) groups is 2. The van der Waals surface area contributed by atoms with Crippen LogP contribution in [0, 0.1) is 23.7 Å². The fourth-order valence-corrected chi connectivity index (χ4v) is 4.16. The van der Waals surface area contributed by atoms with Crippen LogP contribution in [0.4, 0.5) is 0 Å². The molecule has 0 amide bonds. The third-order valence-corrected chi connectivity index (χ3v) is 5.03. The van der Waals surface area contributed by atoms with Gasteiger partial charge in [-0.25, -0.2) is 0 Å². The summed E-state index contributed by atoms with van der Waals surface area (Å²) < 4.78 is 11.4. The minimum Gasteiger partial charge on any atom is -0.326 e. The van der Waals surface area contributed by atoms with Crippen molar-refractivity contribution in [2.45, 2.75) is 25.6 Å². The highest BCUT2D eigenvalue weighted by atomic mass is 17.3. The van der Waals surface area contributed by atoms with Gasteiger partial charge in [-0.05, 0) is 13.3 Å². The summed E-state index contributed by atoms with van der Waals surface area (Å²) in [4.78, 5) is 35.0. The van der Waals surface area contributed by atoms with Gasteiger partial charge in [0.25, 0.3) is 0 Å². The molecule has 2 heterocycles.